The Morgan fingerprint density at radius 1 is 0.758 bits per heavy atom. The van der Waals surface area contributed by atoms with Crippen LogP contribution in [0, 0.1) is 4.91 Å². The van der Waals surface area contributed by atoms with Crippen molar-refractivity contribution in [2.45, 2.75) is 42.2 Å². The molecule has 1 aliphatic carbocycles. The Balaban J connectivity index is 0.000000160. The highest BCUT2D eigenvalue weighted by molar-refractivity contribution is 8.00. The monoisotopic (exact) mass is 459 g/mol. The zero-order chi connectivity index (χ0) is 23.0. The zero-order valence-electron chi connectivity index (χ0n) is 18.1. The number of thioether (sulfide) groups is 1. The lowest BCUT2D eigenvalue weighted by molar-refractivity contribution is 0.0878. The number of hydrogen-bond acceptors (Lipinski definition) is 5. The van der Waals surface area contributed by atoms with Crippen LogP contribution in [0.2, 0.25) is 0 Å². The predicted octanol–water partition coefficient (Wildman–Crippen LogP) is 6.50. The van der Waals surface area contributed by atoms with Gasteiger partial charge in [0, 0.05) is 10.1 Å². The lowest BCUT2D eigenvalue weighted by atomic mass is 10.0. The molecule has 2 amide bonds. The van der Waals surface area contributed by atoms with E-state index in [1.165, 1.54) is 37.1 Å². The van der Waals surface area contributed by atoms with Gasteiger partial charge in [0.1, 0.15) is 0 Å². The third kappa shape index (κ3) is 5.49. The number of anilines is 2. The number of rotatable bonds is 5. The molecule has 0 unspecified atom stereocenters. The fourth-order valence-corrected chi connectivity index (χ4v) is 5.44. The summed E-state index contributed by atoms with van der Waals surface area (Å²) in [6.07, 6.45) is 6.30. The Hall–Kier alpha value is -3.45. The summed E-state index contributed by atoms with van der Waals surface area (Å²) in [7, 11) is 0. The molecule has 5 rings (SSSR count). The van der Waals surface area contributed by atoms with Crippen LogP contribution in [0.1, 0.15) is 52.8 Å². The zero-order valence-corrected chi connectivity index (χ0v) is 19.0. The number of carbonyl (C=O) groups excluding carboxylic acids is 2. The van der Waals surface area contributed by atoms with E-state index in [-0.39, 0.29) is 11.8 Å². The molecule has 1 aliphatic heterocycles. The summed E-state index contributed by atoms with van der Waals surface area (Å²) in [5, 5.41) is 7.33. The minimum absolute atomic E-state index is 0.242. The third-order valence-corrected chi connectivity index (χ3v) is 7.05. The van der Waals surface area contributed by atoms with Gasteiger partial charge in [0.2, 0.25) is 0 Å². The van der Waals surface area contributed by atoms with Crippen molar-refractivity contribution in [1.29, 1.82) is 0 Å². The van der Waals surface area contributed by atoms with Gasteiger partial charge in [-0.05, 0) is 49.2 Å². The maximum Gasteiger partial charge on any atom is 0.260 e. The molecule has 0 atom stereocenters. The first-order chi connectivity index (χ1) is 16.2. The first kappa shape index (κ1) is 22.7. The largest absolute Gasteiger partial charge is 0.288 e. The van der Waals surface area contributed by atoms with Gasteiger partial charge < -0.3 is 0 Å². The molecule has 0 aromatic heterocycles. The van der Waals surface area contributed by atoms with Crippen molar-refractivity contribution in [2.75, 3.05) is 5.01 Å². The van der Waals surface area contributed by atoms with Crippen LogP contribution in [-0.4, -0.2) is 17.1 Å². The van der Waals surface area contributed by atoms with E-state index in [2.05, 4.69) is 10.6 Å². The molecule has 7 heteroatoms. The highest BCUT2D eigenvalue weighted by Gasteiger charge is 2.30. The van der Waals surface area contributed by atoms with E-state index < -0.39 is 0 Å². The molecule has 0 radical (unpaired) electrons. The number of nitroso groups, excluding NO2 is 1. The Morgan fingerprint density at radius 2 is 1.36 bits per heavy atom. The number of hydrogen-bond donors (Lipinski definition) is 1. The van der Waals surface area contributed by atoms with Crippen molar-refractivity contribution >= 4 is 35.0 Å². The fraction of sp³-hybridized carbons (Fsp3) is 0.231. The van der Waals surface area contributed by atoms with Crippen LogP contribution in [0.25, 0.3) is 0 Å². The average molecular weight is 460 g/mol. The van der Waals surface area contributed by atoms with E-state index in [1.807, 2.05) is 72.8 Å². The SMILES string of the molecule is O=C1NC(=O)c2c(SC3CCCCC3)cccc21.O=NN(c1ccccc1)c1ccccc1. The van der Waals surface area contributed by atoms with Gasteiger partial charge in [-0.1, -0.05) is 61.7 Å². The maximum absolute atomic E-state index is 11.8. The van der Waals surface area contributed by atoms with Crippen molar-refractivity contribution in [3.8, 4) is 0 Å². The summed E-state index contributed by atoms with van der Waals surface area (Å²) < 4.78 is 0. The lowest BCUT2D eigenvalue weighted by Gasteiger charge is -2.21. The summed E-state index contributed by atoms with van der Waals surface area (Å²) in [6, 6.07) is 24.2. The third-order valence-electron chi connectivity index (χ3n) is 5.65. The van der Waals surface area contributed by atoms with Gasteiger partial charge in [-0.15, -0.1) is 16.7 Å². The van der Waals surface area contributed by atoms with Crippen LogP contribution in [0.4, 0.5) is 11.4 Å². The topological polar surface area (TPSA) is 78.8 Å². The van der Waals surface area contributed by atoms with Crippen LogP contribution in [-0.2, 0) is 0 Å². The van der Waals surface area contributed by atoms with Crippen LogP contribution in [0.15, 0.2) is 89.0 Å². The maximum atomic E-state index is 11.8. The van der Waals surface area contributed by atoms with Crippen LogP contribution < -0.4 is 10.3 Å². The first-order valence-electron chi connectivity index (χ1n) is 11.1. The number of benzene rings is 3. The second-order valence-corrected chi connectivity index (χ2v) is 9.25. The molecule has 168 valence electrons. The highest BCUT2D eigenvalue weighted by Crippen LogP contribution is 2.37. The number of para-hydroxylation sites is 2. The number of nitrogens with zero attached hydrogens (tertiary/aromatic N) is 2. The van der Waals surface area contributed by atoms with Gasteiger partial charge in [0.05, 0.1) is 27.8 Å². The summed E-state index contributed by atoms with van der Waals surface area (Å²) >= 11 is 1.76. The second kappa shape index (κ2) is 10.9. The van der Waals surface area contributed by atoms with Crippen LogP contribution >= 0.6 is 11.8 Å². The van der Waals surface area contributed by atoms with Crippen molar-refractivity contribution in [1.82, 2.24) is 5.32 Å². The molecule has 3 aromatic rings. The first-order valence-corrected chi connectivity index (χ1v) is 11.9. The Labute approximate surface area is 197 Å². The number of nitrogens with one attached hydrogen (secondary N) is 1. The molecule has 0 saturated heterocycles. The average Bonchev–Trinajstić information content (AvgIpc) is 3.16. The van der Waals surface area contributed by atoms with Gasteiger partial charge in [-0.2, -0.15) is 5.01 Å². The lowest BCUT2D eigenvalue weighted by Crippen LogP contribution is -2.20. The fourth-order valence-electron chi connectivity index (χ4n) is 4.03. The molecule has 3 aromatic carbocycles. The molecule has 1 N–H and O–H groups in total. The minimum atomic E-state index is -0.263. The molecule has 1 fully saturated rings. The molecule has 1 saturated carbocycles. The molecule has 2 aliphatic rings. The minimum Gasteiger partial charge on any atom is -0.288 e. The molecule has 33 heavy (non-hydrogen) atoms. The van der Waals surface area contributed by atoms with E-state index in [0.717, 1.165) is 16.3 Å². The van der Waals surface area contributed by atoms with E-state index in [1.54, 1.807) is 17.8 Å². The van der Waals surface area contributed by atoms with Crippen LogP contribution in [0.5, 0.6) is 0 Å². The van der Waals surface area contributed by atoms with Crippen molar-refractivity contribution in [3.05, 3.63) is 94.9 Å². The summed E-state index contributed by atoms with van der Waals surface area (Å²) in [6.45, 7) is 0. The summed E-state index contributed by atoms with van der Waals surface area (Å²) in [4.78, 5) is 35.1. The molecular weight excluding hydrogens is 434 g/mol. The van der Waals surface area contributed by atoms with Crippen molar-refractivity contribution < 1.29 is 9.59 Å². The quantitative estimate of drug-likeness (QED) is 0.268. The van der Waals surface area contributed by atoms with E-state index in [4.69, 9.17) is 0 Å². The smallest absolute Gasteiger partial charge is 0.260 e. The van der Waals surface area contributed by atoms with Gasteiger partial charge in [0.15, 0.2) is 0 Å². The van der Waals surface area contributed by atoms with E-state index in [9.17, 15) is 14.5 Å². The van der Waals surface area contributed by atoms with Gasteiger partial charge in [0.25, 0.3) is 11.8 Å². The Kier molecular flexibility index (Phi) is 7.52. The Bertz CT molecular complexity index is 1080. The van der Waals surface area contributed by atoms with Gasteiger partial charge in [-0.25, -0.2) is 0 Å². The molecule has 0 spiro atoms. The van der Waals surface area contributed by atoms with E-state index >= 15 is 0 Å². The highest BCUT2D eigenvalue weighted by atomic mass is 32.2. The molecule has 1 heterocycles. The summed E-state index contributed by atoms with van der Waals surface area (Å²) in [5.41, 5.74) is 2.64. The number of carbonyl (C=O) groups is 2. The van der Waals surface area contributed by atoms with Crippen molar-refractivity contribution in [2.24, 2.45) is 5.29 Å². The number of fused-ring (bicyclic) bond motifs is 1. The van der Waals surface area contributed by atoms with Crippen molar-refractivity contribution in [3.63, 3.8) is 0 Å². The van der Waals surface area contributed by atoms with E-state index in [0.29, 0.717) is 16.4 Å². The molecule has 0 bridgehead atoms. The molecular formula is C26H25N3O3S. The predicted molar refractivity (Wildman–Crippen MR) is 132 cm³/mol. The number of amides is 2. The standard InChI is InChI=1S/C14H15NO2S.C12H10N2O/c16-13-10-7-4-8-11(12(10)14(17)15-13)18-9-5-2-1-3-6-9;15-13-14(11-7-3-1-4-8-11)12-9-5-2-6-10-12/h4,7-9H,1-3,5-6H2,(H,15,16,17);1-10H. The van der Waals surface area contributed by atoms with Crippen LogP contribution in [0.3, 0.4) is 0 Å². The normalized spacial score (nSPS) is 15.2. The second-order valence-electron chi connectivity index (χ2n) is 7.90. The summed E-state index contributed by atoms with van der Waals surface area (Å²) in [5.74, 6) is -0.505. The number of imide groups is 1. The molecule has 6 nitrogen and oxygen atoms in total. The van der Waals surface area contributed by atoms with Gasteiger partial charge in [-0.3, -0.25) is 14.9 Å². The van der Waals surface area contributed by atoms with Gasteiger partial charge >= 0.3 is 0 Å². The Morgan fingerprint density at radius 3 is 1.94 bits per heavy atom.